The summed E-state index contributed by atoms with van der Waals surface area (Å²) in [5, 5.41) is 14.2. The standard InChI is InChI=1S/C17H21N7O7/c25-9-10(8-13(27)28)20-15(29)11-2-1-6-23-12(26)3-7-22(17(31)24(11)23)21-16(30)14-18-4-5-19-14/h4-5,9-11H,1-3,6-8H2,(H,18,19)(H,20,29)(H,21,30)(H,27,28). The van der Waals surface area contributed by atoms with Crippen molar-refractivity contribution in [2.45, 2.75) is 37.8 Å². The Morgan fingerprint density at radius 1 is 1.32 bits per heavy atom. The van der Waals surface area contributed by atoms with Crippen molar-refractivity contribution in [3.05, 3.63) is 18.2 Å². The van der Waals surface area contributed by atoms with E-state index >= 15 is 0 Å². The van der Waals surface area contributed by atoms with E-state index in [1.807, 2.05) is 0 Å². The van der Waals surface area contributed by atoms with Gasteiger partial charge in [-0.05, 0) is 12.8 Å². The Labute approximate surface area is 175 Å². The van der Waals surface area contributed by atoms with Crippen LogP contribution in [0.15, 0.2) is 12.4 Å². The number of urea groups is 1. The lowest BCUT2D eigenvalue weighted by Gasteiger charge is -2.42. The number of carboxylic acids is 1. The van der Waals surface area contributed by atoms with Gasteiger partial charge in [-0.2, -0.15) is 0 Å². The maximum Gasteiger partial charge on any atom is 0.358 e. The lowest BCUT2D eigenvalue weighted by molar-refractivity contribution is -0.155. The molecule has 2 aliphatic heterocycles. The topological polar surface area (TPSA) is 185 Å². The summed E-state index contributed by atoms with van der Waals surface area (Å²) < 4.78 is 0. The first-order valence-corrected chi connectivity index (χ1v) is 9.50. The molecule has 14 heteroatoms. The Bertz CT molecular complexity index is 887. The van der Waals surface area contributed by atoms with Crippen LogP contribution in [0.2, 0.25) is 0 Å². The molecule has 166 valence electrons. The molecule has 2 aliphatic rings. The first-order chi connectivity index (χ1) is 14.8. The van der Waals surface area contributed by atoms with Crippen molar-refractivity contribution in [2.75, 3.05) is 13.1 Å². The molecule has 14 nitrogen and oxygen atoms in total. The summed E-state index contributed by atoms with van der Waals surface area (Å²) in [5.74, 6) is -3.23. The summed E-state index contributed by atoms with van der Waals surface area (Å²) in [6.07, 6.45) is 2.95. The maximum atomic E-state index is 13.1. The molecule has 31 heavy (non-hydrogen) atoms. The smallest absolute Gasteiger partial charge is 0.358 e. The fourth-order valence-corrected chi connectivity index (χ4v) is 3.38. The highest BCUT2D eigenvalue weighted by Crippen LogP contribution is 2.23. The van der Waals surface area contributed by atoms with Crippen LogP contribution < -0.4 is 10.7 Å². The lowest BCUT2D eigenvalue weighted by atomic mass is 10.1. The number of aromatic amines is 1. The Morgan fingerprint density at radius 3 is 2.74 bits per heavy atom. The minimum atomic E-state index is -1.28. The third kappa shape index (κ3) is 4.79. The summed E-state index contributed by atoms with van der Waals surface area (Å²) in [6.45, 7) is 0.0714. The van der Waals surface area contributed by atoms with E-state index in [0.717, 1.165) is 15.0 Å². The fraction of sp³-hybridized carbons (Fsp3) is 0.471. The van der Waals surface area contributed by atoms with Crippen LogP contribution in [0.3, 0.4) is 0 Å². The van der Waals surface area contributed by atoms with Gasteiger partial charge in [0, 0.05) is 25.4 Å². The highest BCUT2D eigenvalue weighted by molar-refractivity contribution is 5.95. The molecule has 0 spiro atoms. The van der Waals surface area contributed by atoms with Gasteiger partial charge >= 0.3 is 17.9 Å². The van der Waals surface area contributed by atoms with Gasteiger partial charge in [0.2, 0.25) is 11.8 Å². The van der Waals surface area contributed by atoms with Crippen LogP contribution in [0.25, 0.3) is 0 Å². The van der Waals surface area contributed by atoms with Gasteiger partial charge < -0.3 is 20.2 Å². The number of amides is 5. The van der Waals surface area contributed by atoms with Gasteiger partial charge in [0.15, 0.2) is 5.82 Å². The summed E-state index contributed by atoms with van der Waals surface area (Å²) in [7, 11) is 0. The number of aromatic nitrogens is 2. The van der Waals surface area contributed by atoms with Crippen LogP contribution in [0, 0.1) is 0 Å². The summed E-state index contributed by atoms with van der Waals surface area (Å²) in [4.78, 5) is 79.1. The number of carbonyl (C=O) groups excluding carboxylic acids is 5. The third-order valence-corrected chi connectivity index (χ3v) is 4.81. The molecule has 4 N–H and O–H groups in total. The van der Waals surface area contributed by atoms with Gasteiger partial charge in [-0.25, -0.2) is 24.8 Å². The Morgan fingerprint density at radius 2 is 2.10 bits per heavy atom. The number of imidazole rings is 1. The number of hydrogen-bond acceptors (Lipinski definition) is 7. The van der Waals surface area contributed by atoms with Gasteiger partial charge in [-0.3, -0.25) is 24.6 Å². The molecule has 0 aromatic carbocycles. The SMILES string of the molecule is O=CC(CC(=O)O)NC(=O)C1CCCN2C(=O)CCN(NC(=O)c3ncc[nH]3)C(=O)N12. The minimum absolute atomic E-state index is 0.0457. The monoisotopic (exact) mass is 435 g/mol. The van der Waals surface area contributed by atoms with Crippen LogP contribution >= 0.6 is 0 Å². The van der Waals surface area contributed by atoms with Crippen molar-refractivity contribution in [1.29, 1.82) is 0 Å². The fourth-order valence-electron chi connectivity index (χ4n) is 3.38. The van der Waals surface area contributed by atoms with Gasteiger partial charge in [0.05, 0.1) is 19.0 Å². The first kappa shape index (κ1) is 21.7. The number of fused-ring (bicyclic) bond motifs is 1. The molecule has 2 fully saturated rings. The third-order valence-electron chi connectivity index (χ3n) is 4.81. The molecular formula is C17H21N7O7. The second-order valence-corrected chi connectivity index (χ2v) is 6.93. The van der Waals surface area contributed by atoms with Crippen LogP contribution in [-0.2, 0) is 19.2 Å². The largest absolute Gasteiger partial charge is 0.481 e. The van der Waals surface area contributed by atoms with Gasteiger partial charge in [-0.15, -0.1) is 0 Å². The van der Waals surface area contributed by atoms with Crippen LogP contribution in [0.5, 0.6) is 0 Å². The zero-order chi connectivity index (χ0) is 22.5. The number of nitrogens with zero attached hydrogens (tertiary/aromatic N) is 4. The van der Waals surface area contributed by atoms with Crippen LogP contribution in [0.4, 0.5) is 4.79 Å². The summed E-state index contributed by atoms with van der Waals surface area (Å²) in [5.41, 5.74) is 2.37. The van der Waals surface area contributed by atoms with E-state index in [1.165, 1.54) is 12.4 Å². The second kappa shape index (κ2) is 9.23. The zero-order valence-electron chi connectivity index (χ0n) is 16.3. The highest BCUT2D eigenvalue weighted by atomic mass is 16.4. The van der Waals surface area contributed by atoms with Crippen molar-refractivity contribution >= 4 is 36.0 Å². The highest BCUT2D eigenvalue weighted by Gasteiger charge is 2.44. The molecule has 5 amide bonds. The van der Waals surface area contributed by atoms with Crippen molar-refractivity contribution < 1.29 is 33.9 Å². The van der Waals surface area contributed by atoms with E-state index in [-0.39, 0.29) is 38.0 Å². The number of carboxylic acid groups (broad SMARTS) is 1. The molecule has 0 saturated carbocycles. The number of carbonyl (C=O) groups is 6. The Balaban J connectivity index is 1.80. The first-order valence-electron chi connectivity index (χ1n) is 9.50. The van der Waals surface area contributed by atoms with Crippen LogP contribution in [-0.4, -0.2) is 91.3 Å². The molecule has 2 unspecified atom stereocenters. The van der Waals surface area contributed by atoms with Crippen LogP contribution in [0.1, 0.15) is 36.3 Å². The molecule has 0 bridgehead atoms. The van der Waals surface area contributed by atoms with Gasteiger partial charge in [0.25, 0.3) is 0 Å². The average Bonchev–Trinajstić information content (AvgIpc) is 3.25. The number of nitrogens with one attached hydrogen (secondary N) is 3. The normalized spacial score (nSPS) is 19.9. The minimum Gasteiger partial charge on any atom is -0.481 e. The van der Waals surface area contributed by atoms with Crippen molar-refractivity contribution in [1.82, 2.24) is 35.7 Å². The molecule has 1 aromatic heterocycles. The zero-order valence-corrected chi connectivity index (χ0v) is 16.3. The van der Waals surface area contributed by atoms with Gasteiger partial charge in [0.1, 0.15) is 12.3 Å². The summed E-state index contributed by atoms with van der Waals surface area (Å²) in [6, 6.07) is -3.26. The molecule has 0 aliphatic carbocycles. The predicted molar refractivity (Wildman–Crippen MR) is 99.6 cm³/mol. The molecule has 1 aromatic rings. The molecule has 2 atom stereocenters. The molecule has 3 rings (SSSR count). The molecular weight excluding hydrogens is 414 g/mol. The van der Waals surface area contributed by atoms with E-state index < -0.39 is 48.2 Å². The average molecular weight is 435 g/mol. The van der Waals surface area contributed by atoms with Crippen molar-refractivity contribution in [3.8, 4) is 0 Å². The summed E-state index contributed by atoms with van der Waals surface area (Å²) >= 11 is 0. The number of rotatable bonds is 7. The van der Waals surface area contributed by atoms with Crippen molar-refractivity contribution in [3.63, 3.8) is 0 Å². The van der Waals surface area contributed by atoms with E-state index in [1.54, 1.807) is 0 Å². The number of aldehydes is 1. The van der Waals surface area contributed by atoms with E-state index in [9.17, 15) is 28.8 Å². The molecule has 2 saturated heterocycles. The van der Waals surface area contributed by atoms with E-state index in [0.29, 0.717) is 6.42 Å². The maximum absolute atomic E-state index is 13.1. The van der Waals surface area contributed by atoms with Crippen molar-refractivity contribution in [2.24, 2.45) is 0 Å². The Hall–Kier alpha value is -3.97. The Kier molecular flexibility index (Phi) is 6.47. The number of hydrazine groups is 2. The predicted octanol–water partition coefficient (Wildman–Crippen LogP) is -1.75. The lowest BCUT2D eigenvalue weighted by Crippen LogP contribution is -2.64. The quantitative estimate of drug-likeness (QED) is 0.363. The number of H-pyrrole nitrogens is 1. The second-order valence-electron chi connectivity index (χ2n) is 6.93. The number of aliphatic carboxylic acids is 1. The number of hydrogen-bond donors (Lipinski definition) is 4. The van der Waals surface area contributed by atoms with E-state index in [2.05, 4.69) is 20.7 Å². The molecule has 0 radical (unpaired) electrons. The molecule has 3 heterocycles. The van der Waals surface area contributed by atoms with Gasteiger partial charge in [-0.1, -0.05) is 0 Å². The van der Waals surface area contributed by atoms with E-state index in [4.69, 9.17) is 5.11 Å².